The molecule has 38 heavy (non-hydrogen) atoms. The van der Waals surface area contributed by atoms with Crippen molar-refractivity contribution in [2.24, 2.45) is 11.8 Å². The summed E-state index contributed by atoms with van der Waals surface area (Å²) in [4.78, 5) is 25.5. The Hall–Kier alpha value is -3.60. The van der Waals surface area contributed by atoms with Crippen molar-refractivity contribution in [2.45, 2.75) is 64.5 Å². The van der Waals surface area contributed by atoms with Gasteiger partial charge in [0.2, 0.25) is 5.91 Å². The third-order valence-corrected chi connectivity index (χ3v) is 7.15. The van der Waals surface area contributed by atoms with Gasteiger partial charge in [0, 0.05) is 12.5 Å². The lowest BCUT2D eigenvalue weighted by Crippen LogP contribution is -2.39. The van der Waals surface area contributed by atoms with E-state index in [1.807, 2.05) is 57.2 Å². The highest BCUT2D eigenvalue weighted by atomic mass is 16.6. The lowest BCUT2D eigenvalue weighted by molar-refractivity contribution is -0.127. The van der Waals surface area contributed by atoms with Crippen molar-refractivity contribution in [3.8, 4) is 11.1 Å². The van der Waals surface area contributed by atoms with Crippen LogP contribution < -0.4 is 10.6 Å². The molecule has 1 saturated carbocycles. The van der Waals surface area contributed by atoms with Crippen LogP contribution in [0.2, 0.25) is 0 Å². The number of alkyl carbamates (subject to hydrolysis) is 1. The van der Waals surface area contributed by atoms with Gasteiger partial charge in [-0.25, -0.2) is 4.79 Å². The first kappa shape index (κ1) is 27.4. The lowest BCUT2D eigenvalue weighted by atomic mass is 9.81. The van der Waals surface area contributed by atoms with E-state index in [0.29, 0.717) is 12.5 Å². The molecular weight excluding hydrogens is 472 g/mol. The van der Waals surface area contributed by atoms with Gasteiger partial charge in [-0.3, -0.25) is 4.79 Å². The van der Waals surface area contributed by atoms with E-state index in [1.165, 1.54) is 5.56 Å². The van der Waals surface area contributed by atoms with E-state index in [1.54, 1.807) is 0 Å². The Morgan fingerprint density at radius 2 is 1.47 bits per heavy atom. The number of carbonyl (C=O) groups is 2. The van der Waals surface area contributed by atoms with E-state index in [2.05, 4.69) is 59.2 Å². The number of hydrogen-bond donors (Lipinski definition) is 2. The molecule has 2 N–H and O–H groups in total. The van der Waals surface area contributed by atoms with E-state index in [-0.39, 0.29) is 24.0 Å². The van der Waals surface area contributed by atoms with Crippen LogP contribution >= 0.6 is 0 Å². The third kappa shape index (κ3) is 8.20. The zero-order chi connectivity index (χ0) is 27.0. The van der Waals surface area contributed by atoms with Crippen LogP contribution in [0.4, 0.5) is 4.79 Å². The first-order valence-electron chi connectivity index (χ1n) is 13.7. The van der Waals surface area contributed by atoms with Gasteiger partial charge in [-0.15, -0.1) is 0 Å². The maximum Gasteiger partial charge on any atom is 0.407 e. The Morgan fingerprint density at radius 3 is 2.13 bits per heavy atom. The third-order valence-electron chi connectivity index (χ3n) is 7.15. The molecule has 1 fully saturated rings. The van der Waals surface area contributed by atoms with Crippen molar-refractivity contribution in [3.63, 3.8) is 0 Å². The average molecular weight is 513 g/mol. The number of nitrogens with one attached hydrogen (secondary N) is 2. The molecule has 1 unspecified atom stereocenters. The van der Waals surface area contributed by atoms with Crippen LogP contribution in [0.1, 0.15) is 63.6 Å². The van der Waals surface area contributed by atoms with Gasteiger partial charge in [0.1, 0.15) is 5.60 Å². The summed E-state index contributed by atoms with van der Waals surface area (Å²) >= 11 is 0. The molecule has 200 valence electrons. The summed E-state index contributed by atoms with van der Waals surface area (Å²) in [6.07, 6.45) is 3.85. The summed E-state index contributed by atoms with van der Waals surface area (Å²) in [6, 6.07) is 29.1. The fourth-order valence-corrected chi connectivity index (χ4v) is 5.13. The first-order chi connectivity index (χ1) is 18.3. The van der Waals surface area contributed by atoms with Crippen LogP contribution in [0, 0.1) is 11.8 Å². The van der Waals surface area contributed by atoms with E-state index >= 15 is 0 Å². The standard InChI is InChI=1S/C33H40N2O3/c1-33(2,3)38-32(37)34-23-25-17-19-27(20-18-25)31(36)35-30(21-24-11-6-4-7-12-24)29-16-10-15-28(22-29)26-13-8-5-9-14-26/h4-16,22,25,27,30H,17-21,23H2,1-3H3,(H,34,37)(H,35,36). The van der Waals surface area contributed by atoms with Gasteiger partial charge < -0.3 is 15.4 Å². The quantitative estimate of drug-likeness (QED) is 0.339. The molecule has 3 aromatic rings. The van der Waals surface area contributed by atoms with Crippen LogP contribution in [0.25, 0.3) is 11.1 Å². The molecule has 0 radical (unpaired) electrons. The van der Waals surface area contributed by atoms with E-state index in [4.69, 9.17) is 4.74 Å². The largest absolute Gasteiger partial charge is 0.444 e. The Bertz CT molecular complexity index is 1180. The van der Waals surface area contributed by atoms with Gasteiger partial charge in [0.25, 0.3) is 0 Å². The molecule has 1 atom stereocenters. The molecule has 0 saturated heterocycles. The molecular formula is C33H40N2O3. The second-order valence-corrected chi connectivity index (χ2v) is 11.3. The van der Waals surface area contributed by atoms with Crippen LogP contribution in [0.15, 0.2) is 84.9 Å². The molecule has 0 heterocycles. The highest BCUT2D eigenvalue weighted by Gasteiger charge is 2.29. The molecule has 2 amide bonds. The Kier molecular flexibility index (Phi) is 9.22. The molecule has 0 aromatic heterocycles. The average Bonchev–Trinajstić information content (AvgIpc) is 2.92. The van der Waals surface area contributed by atoms with Crippen LogP contribution in [-0.2, 0) is 16.0 Å². The minimum Gasteiger partial charge on any atom is -0.444 e. The van der Waals surface area contributed by atoms with Gasteiger partial charge in [-0.2, -0.15) is 0 Å². The zero-order valence-corrected chi connectivity index (χ0v) is 22.8. The molecule has 1 aliphatic rings. The molecule has 0 aliphatic heterocycles. The van der Waals surface area contributed by atoms with Crippen molar-refractivity contribution >= 4 is 12.0 Å². The topological polar surface area (TPSA) is 67.4 Å². The van der Waals surface area contributed by atoms with E-state index in [0.717, 1.165) is 48.8 Å². The molecule has 0 spiro atoms. The number of benzene rings is 3. The number of carbonyl (C=O) groups excluding carboxylic acids is 2. The SMILES string of the molecule is CC(C)(C)OC(=O)NCC1CCC(C(=O)NC(Cc2ccccc2)c2cccc(-c3ccccc3)c2)CC1. The molecule has 5 heteroatoms. The van der Waals surface area contributed by atoms with Gasteiger partial charge in [0.05, 0.1) is 6.04 Å². The zero-order valence-electron chi connectivity index (χ0n) is 22.8. The van der Waals surface area contributed by atoms with Crippen LogP contribution in [0.3, 0.4) is 0 Å². The van der Waals surface area contributed by atoms with Crippen molar-refractivity contribution in [3.05, 3.63) is 96.1 Å². The molecule has 0 bridgehead atoms. The van der Waals surface area contributed by atoms with Crippen molar-refractivity contribution in [1.29, 1.82) is 0 Å². The Balaban J connectivity index is 1.39. The first-order valence-corrected chi connectivity index (χ1v) is 13.7. The van der Waals surface area contributed by atoms with Gasteiger partial charge in [-0.1, -0.05) is 78.9 Å². The summed E-state index contributed by atoms with van der Waals surface area (Å²) in [6.45, 7) is 6.17. The van der Waals surface area contributed by atoms with Gasteiger partial charge >= 0.3 is 6.09 Å². The van der Waals surface area contributed by atoms with Crippen molar-refractivity contribution in [2.75, 3.05) is 6.54 Å². The smallest absolute Gasteiger partial charge is 0.407 e. The Morgan fingerprint density at radius 1 is 0.842 bits per heavy atom. The summed E-state index contributed by atoms with van der Waals surface area (Å²) in [5.74, 6) is 0.479. The maximum atomic E-state index is 13.5. The predicted octanol–water partition coefficient (Wildman–Crippen LogP) is 7.08. The van der Waals surface area contributed by atoms with Crippen LogP contribution in [-0.4, -0.2) is 24.1 Å². The Labute approximate surface area is 227 Å². The second-order valence-electron chi connectivity index (χ2n) is 11.3. The number of hydrogen-bond acceptors (Lipinski definition) is 3. The van der Waals surface area contributed by atoms with E-state index in [9.17, 15) is 9.59 Å². The molecule has 4 rings (SSSR count). The minimum atomic E-state index is -0.503. The van der Waals surface area contributed by atoms with E-state index < -0.39 is 5.60 Å². The monoisotopic (exact) mass is 512 g/mol. The minimum absolute atomic E-state index is 0.0108. The fraction of sp³-hybridized carbons (Fsp3) is 0.394. The summed E-state index contributed by atoms with van der Waals surface area (Å²) < 4.78 is 5.35. The molecule has 5 nitrogen and oxygen atoms in total. The van der Waals surface area contributed by atoms with Crippen molar-refractivity contribution in [1.82, 2.24) is 10.6 Å². The molecule has 1 aliphatic carbocycles. The lowest BCUT2D eigenvalue weighted by Gasteiger charge is -2.30. The number of ether oxygens (including phenoxy) is 1. The van der Waals surface area contributed by atoms with Gasteiger partial charge in [0.15, 0.2) is 0 Å². The highest BCUT2D eigenvalue weighted by molar-refractivity contribution is 5.79. The van der Waals surface area contributed by atoms with Crippen LogP contribution in [0.5, 0.6) is 0 Å². The maximum absolute atomic E-state index is 13.5. The highest BCUT2D eigenvalue weighted by Crippen LogP contribution is 2.30. The molecule has 3 aromatic carbocycles. The second kappa shape index (κ2) is 12.8. The normalized spacial score (nSPS) is 18.3. The van der Waals surface area contributed by atoms with Gasteiger partial charge in [-0.05, 0) is 87.1 Å². The predicted molar refractivity (Wildman–Crippen MR) is 153 cm³/mol. The fourth-order valence-electron chi connectivity index (χ4n) is 5.13. The summed E-state index contributed by atoms with van der Waals surface area (Å²) in [7, 11) is 0. The summed E-state index contributed by atoms with van der Waals surface area (Å²) in [5.41, 5.74) is 4.11. The van der Waals surface area contributed by atoms with Crippen molar-refractivity contribution < 1.29 is 14.3 Å². The number of amides is 2. The number of rotatable bonds is 8. The summed E-state index contributed by atoms with van der Waals surface area (Å²) in [5, 5.41) is 6.28.